The third kappa shape index (κ3) is 3.07. The average Bonchev–Trinajstić information content (AvgIpc) is 3.39. The first-order valence-corrected chi connectivity index (χ1v) is 10.5. The van der Waals surface area contributed by atoms with E-state index < -0.39 is 11.9 Å². The third-order valence-corrected chi connectivity index (χ3v) is 6.00. The molecule has 0 N–H and O–H groups in total. The van der Waals surface area contributed by atoms with Crippen LogP contribution in [-0.2, 0) is 38.7 Å². The highest BCUT2D eigenvalue weighted by Crippen LogP contribution is 2.41. The fraction of sp³-hybridized carbons (Fsp3) is 0.250. The summed E-state index contributed by atoms with van der Waals surface area (Å²) in [6.45, 7) is 5.15. The van der Waals surface area contributed by atoms with E-state index in [1.54, 1.807) is 12.1 Å². The second-order valence-corrected chi connectivity index (χ2v) is 7.97. The molecule has 0 spiro atoms. The molecule has 0 aliphatic heterocycles. The van der Waals surface area contributed by atoms with Gasteiger partial charge in [0, 0.05) is 66.2 Å². The monoisotopic (exact) mass is 445 g/mol. The molecule has 0 unspecified atom stereocenters. The van der Waals surface area contributed by atoms with Gasteiger partial charge in [0.1, 0.15) is 11.4 Å². The SMILES string of the molecule is CCn1c2ccc3c(c2c2c4c(ccc21)C(=O)/C(=N/OC(C)=O)C4)C/C(=N\OC(C)=O)C3=O. The van der Waals surface area contributed by atoms with Crippen LogP contribution in [-0.4, -0.2) is 39.5 Å². The van der Waals surface area contributed by atoms with Crippen LogP contribution in [0.5, 0.6) is 0 Å². The Hall–Kier alpha value is -4.14. The number of aryl methyl sites for hydroxylation is 1. The maximum Gasteiger partial charge on any atom is 0.331 e. The van der Waals surface area contributed by atoms with Crippen LogP contribution in [0.3, 0.4) is 0 Å². The van der Waals surface area contributed by atoms with Crippen molar-refractivity contribution in [2.45, 2.75) is 40.2 Å². The van der Waals surface area contributed by atoms with E-state index in [4.69, 9.17) is 9.68 Å². The lowest BCUT2D eigenvalue weighted by Crippen LogP contribution is -2.09. The number of hydrogen-bond donors (Lipinski definition) is 0. The molecule has 0 atom stereocenters. The van der Waals surface area contributed by atoms with Gasteiger partial charge < -0.3 is 14.2 Å². The number of carbonyl (C=O) groups is 4. The topological polar surface area (TPSA) is 116 Å². The fourth-order valence-corrected chi connectivity index (χ4v) is 4.73. The minimum Gasteiger partial charge on any atom is -0.341 e. The van der Waals surface area contributed by atoms with Gasteiger partial charge in [0.2, 0.25) is 11.6 Å². The Morgan fingerprint density at radius 1 is 0.818 bits per heavy atom. The average molecular weight is 445 g/mol. The van der Waals surface area contributed by atoms with Crippen molar-refractivity contribution in [2.75, 3.05) is 0 Å². The predicted octanol–water partition coefficient (Wildman–Crippen LogP) is 3.13. The molecular weight excluding hydrogens is 426 g/mol. The largest absolute Gasteiger partial charge is 0.341 e. The molecule has 2 aliphatic rings. The highest BCUT2D eigenvalue weighted by Gasteiger charge is 2.34. The van der Waals surface area contributed by atoms with Gasteiger partial charge in [-0.15, -0.1) is 0 Å². The van der Waals surface area contributed by atoms with E-state index in [-0.39, 0.29) is 35.8 Å². The molecule has 33 heavy (non-hydrogen) atoms. The Morgan fingerprint density at radius 3 is 1.61 bits per heavy atom. The molecule has 3 aromatic rings. The molecule has 0 saturated carbocycles. The number of rotatable bonds is 3. The van der Waals surface area contributed by atoms with Crippen LogP contribution in [0.4, 0.5) is 0 Å². The van der Waals surface area contributed by atoms with Gasteiger partial charge in [0.05, 0.1) is 0 Å². The molecule has 2 aromatic carbocycles. The van der Waals surface area contributed by atoms with Crippen molar-refractivity contribution >= 4 is 56.7 Å². The van der Waals surface area contributed by atoms with Crippen molar-refractivity contribution in [2.24, 2.45) is 10.3 Å². The predicted molar refractivity (Wildman–Crippen MR) is 120 cm³/mol. The van der Waals surface area contributed by atoms with E-state index in [2.05, 4.69) is 14.9 Å². The second kappa shape index (κ2) is 7.47. The van der Waals surface area contributed by atoms with Gasteiger partial charge in [0.25, 0.3) is 0 Å². The van der Waals surface area contributed by atoms with Crippen LogP contribution in [0.1, 0.15) is 52.6 Å². The standard InChI is InChI=1S/C24H19N3O6/c1-4-27-19-7-5-13-15(9-17(23(13)30)25-32-11(2)28)21(19)22-16-10-18(26-33-12(3)29)24(31)14(16)6-8-20(22)27/h5-8H,4,9-10H2,1-3H3/b25-17+,26-18+. The van der Waals surface area contributed by atoms with E-state index in [0.717, 1.165) is 32.9 Å². The lowest BCUT2D eigenvalue weighted by molar-refractivity contribution is -0.141. The molecule has 9 nitrogen and oxygen atoms in total. The Bertz CT molecular complexity index is 1380. The molecule has 2 aliphatic carbocycles. The third-order valence-electron chi connectivity index (χ3n) is 6.00. The zero-order valence-corrected chi connectivity index (χ0v) is 18.2. The molecule has 0 fully saturated rings. The molecule has 1 aromatic heterocycles. The number of carbonyl (C=O) groups excluding carboxylic acids is 4. The Balaban J connectivity index is 1.77. The first-order valence-electron chi connectivity index (χ1n) is 10.5. The summed E-state index contributed by atoms with van der Waals surface area (Å²) in [5.41, 5.74) is 4.74. The van der Waals surface area contributed by atoms with Crippen LogP contribution in [0.15, 0.2) is 34.6 Å². The van der Waals surface area contributed by atoms with Gasteiger partial charge in [-0.1, -0.05) is 10.3 Å². The molecule has 9 heteroatoms. The summed E-state index contributed by atoms with van der Waals surface area (Å²) in [7, 11) is 0. The van der Waals surface area contributed by atoms with Gasteiger partial charge in [-0.2, -0.15) is 0 Å². The van der Waals surface area contributed by atoms with Crippen LogP contribution in [0.25, 0.3) is 21.8 Å². The summed E-state index contributed by atoms with van der Waals surface area (Å²) >= 11 is 0. The normalized spacial score (nSPS) is 17.3. The van der Waals surface area contributed by atoms with E-state index in [1.165, 1.54) is 13.8 Å². The molecule has 0 saturated heterocycles. The molecular formula is C24H19N3O6. The minimum absolute atomic E-state index is 0.158. The number of fused-ring (bicyclic) bond motifs is 7. The zero-order valence-electron chi connectivity index (χ0n) is 18.2. The van der Waals surface area contributed by atoms with Crippen LogP contribution in [0.2, 0.25) is 0 Å². The van der Waals surface area contributed by atoms with E-state index in [0.29, 0.717) is 17.7 Å². The summed E-state index contributed by atoms with van der Waals surface area (Å²) in [4.78, 5) is 57.6. The Labute approximate surface area is 187 Å². The first kappa shape index (κ1) is 20.7. The summed E-state index contributed by atoms with van der Waals surface area (Å²) < 4.78 is 2.13. The summed E-state index contributed by atoms with van der Waals surface area (Å²) in [6, 6.07) is 7.31. The summed E-state index contributed by atoms with van der Waals surface area (Å²) in [6.07, 6.45) is 0.432. The Kier molecular flexibility index (Phi) is 4.70. The van der Waals surface area contributed by atoms with Crippen molar-refractivity contribution in [3.05, 3.63) is 46.5 Å². The molecule has 0 bridgehead atoms. The van der Waals surface area contributed by atoms with Gasteiger partial charge in [-0.3, -0.25) is 9.59 Å². The lowest BCUT2D eigenvalue weighted by atomic mass is 9.98. The summed E-state index contributed by atoms with van der Waals surface area (Å²) in [5.74, 6) is -1.78. The number of hydrogen-bond acceptors (Lipinski definition) is 8. The van der Waals surface area contributed by atoms with Gasteiger partial charge in [0.15, 0.2) is 0 Å². The molecule has 166 valence electrons. The molecule has 0 radical (unpaired) electrons. The smallest absolute Gasteiger partial charge is 0.331 e. The van der Waals surface area contributed by atoms with Crippen LogP contribution >= 0.6 is 0 Å². The van der Waals surface area contributed by atoms with Crippen LogP contribution < -0.4 is 0 Å². The highest BCUT2D eigenvalue weighted by molar-refractivity contribution is 6.52. The number of benzene rings is 2. The molecule has 1 heterocycles. The van der Waals surface area contributed by atoms with Crippen molar-refractivity contribution in [3.63, 3.8) is 0 Å². The number of Topliss-reactive ketones (excluding diaryl/α,β-unsaturated/α-hetero) is 2. The highest BCUT2D eigenvalue weighted by atomic mass is 16.7. The van der Waals surface area contributed by atoms with Gasteiger partial charge in [-0.25, -0.2) is 9.59 Å². The quantitative estimate of drug-likeness (QED) is 0.452. The van der Waals surface area contributed by atoms with Crippen molar-refractivity contribution < 1.29 is 28.9 Å². The first-order chi connectivity index (χ1) is 15.8. The van der Waals surface area contributed by atoms with E-state index >= 15 is 0 Å². The van der Waals surface area contributed by atoms with E-state index in [1.807, 2.05) is 19.1 Å². The number of aromatic nitrogens is 1. The van der Waals surface area contributed by atoms with Gasteiger partial charge in [-0.05, 0) is 42.3 Å². The number of oxime groups is 2. The van der Waals surface area contributed by atoms with Crippen LogP contribution in [0, 0.1) is 0 Å². The maximum absolute atomic E-state index is 12.9. The van der Waals surface area contributed by atoms with Crippen molar-refractivity contribution in [1.82, 2.24) is 4.57 Å². The number of nitrogens with zero attached hydrogens (tertiary/aromatic N) is 3. The lowest BCUT2D eigenvalue weighted by Gasteiger charge is -2.04. The summed E-state index contributed by atoms with van der Waals surface area (Å²) in [5, 5.41) is 9.25. The maximum atomic E-state index is 12.9. The fourth-order valence-electron chi connectivity index (χ4n) is 4.73. The van der Waals surface area contributed by atoms with Gasteiger partial charge >= 0.3 is 11.9 Å². The van der Waals surface area contributed by atoms with E-state index in [9.17, 15) is 19.2 Å². The minimum atomic E-state index is -0.602. The zero-order chi connectivity index (χ0) is 23.4. The van der Waals surface area contributed by atoms with Crippen molar-refractivity contribution in [1.29, 1.82) is 0 Å². The van der Waals surface area contributed by atoms with Crippen molar-refractivity contribution in [3.8, 4) is 0 Å². The number of ketones is 2. The Morgan fingerprint density at radius 2 is 1.24 bits per heavy atom. The second-order valence-electron chi connectivity index (χ2n) is 7.97. The molecule has 5 rings (SSSR count). The molecule has 0 amide bonds.